The number of nitrogens with zero attached hydrogens (tertiary/aromatic N) is 3. The highest BCUT2D eigenvalue weighted by molar-refractivity contribution is 9.10. The number of fused-ring (bicyclic) bond motifs is 1. The van der Waals surface area contributed by atoms with Gasteiger partial charge >= 0.3 is 0 Å². The van der Waals surface area contributed by atoms with E-state index in [2.05, 4.69) is 43.5 Å². The van der Waals surface area contributed by atoms with Crippen LogP contribution in [0.4, 0.5) is 5.82 Å². The standard InChI is InChI=1S/C15H13BrN4/c1-17-15-12(8-7-11-5-3-2-4-6-11)18-14-10-9-13(16)19-20(14)15/h2-10,17H,1H3. The number of imidazole rings is 1. The fourth-order valence-corrected chi connectivity index (χ4v) is 2.31. The highest BCUT2D eigenvalue weighted by Gasteiger charge is 2.09. The summed E-state index contributed by atoms with van der Waals surface area (Å²) >= 11 is 3.38. The summed E-state index contributed by atoms with van der Waals surface area (Å²) in [4.78, 5) is 4.57. The van der Waals surface area contributed by atoms with Crippen molar-refractivity contribution in [3.05, 3.63) is 58.3 Å². The first-order valence-electron chi connectivity index (χ1n) is 6.24. The van der Waals surface area contributed by atoms with Gasteiger partial charge in [-0.15, -0.1) is 0 Å². The molecule has 0 aliphatic rings. The summed E-state index contributed by atoms with van der Waals surface area (Å²) in [5.74, 6) is 0.869. The summed E-state index contributed by atoms with van der Waals surface area (Å²) in [6, 6.07) is 14.0. The molecule has 0 radical (unpaired) electrons. The van der Waals surface area contributed by atoms with Crippen LogP contribution < -0.4 is 5.32 Å². The molecule has 100 valence electrons. The van der Waals surface area contributed by atoms with Crippen LogP contribution in [0.3, 0.4) is 0 Å². The highest BCUT2D eigenvalue weighted by Crippen LogP contribution is 2.20. The molecule has 3 rings (SSSR count). The number of benzene rings is 1. The van der Waals surface area contributed by atoms with E-state index in [4.69, 9.17) is 0 Å². The smallest absolute Gasteiger partial charge is 0.156 e. The molecule has 0 atom stereocenters. The predicted molar refractivity (Wildman–Crippen MR) is 85.6 cm³/mol. The van der Waals surface area contributed by atoms with Crippen LogP contribution in [-0.2, 0) is 0 Å². The molecule has 0 aliphatic heterocycles. The Balaban J connectivity index is 2.05. The SMILES string of the molecule is CNc1c(C=Cc2ccccc2)nc2ccc(Br)nn12. The molecule has 0 saturated carbocycles. The average Bonchev–Trinajstić information content (AvgIpc) is 2.83. The lowest BCUT2D eigenvalue weighted by Crippen LogP contribution is -1.99. The van der Waals surface area contributed by atoms with Crippen molar-refractivity contribution in [2.45, 2.75) is 0 Å². The maximum atomic E-state index is 4.57. The van der Waals surface area contributed by atoms with Crippen molar-refractivity contribution in [3.8, 4) is 0 Å². The Bertz CT molecular complexity index is 762. The van der Waals surface area contributed by atoms with E-state index in [-0.39, 0.29) is 0 Å². The summed E-state index contributed by atoms with van der Waals surface area (Å²) < 4.78 is 2.56. The molecule has 0 aliphatic carbocycles. The molecule has 2 aromatic heterocycles. The Morgan fingerprint density at radius 1 is 1.10 bits per heavy atom. The summed E-state index contributed by atoms with van der Waals surface area (Å²) in [7, 11) is 1.87. The number of aromatic nitrogens is 3. The molecule has 0 unspecified atom stereocenters. The molecule has 4 nitrogen and oxygen atoms in total. The maximum Gasteiger partial charge on any atom is 0.156 e. The van der Waals surface area contributed by atoms with E-state index in [0.717, 1.165) is 27.3 Å². The molecule has 0 bridgehead atoms. The first kappa shape index (κ1) is 12.9. The Morgan fingerprint density at radius 3 is 2.65 bits per heavy atom. The van der Waals surface area contributed by atoms with Crippen LogP contribution in [-0.4, -0.2) is 21.6 Å². The molecule has 20 heavy (non-hydrogen) atoms. The molecule has 0 fully saturated rings. The van der Waals surface area contributed by atoms with Gasteiger partial charge in [0.05, 0.1) is 0 Å². The number of hydrogen-bond donors (Lipinski definition) is 1. The van der Waals surface area contributed by atoms with Crippen LogP contribution in [0.2, 0.25) is 0 Å². The Kier molecular flexibility index (Phi) is 3.52. The minimum Gasteiger partial charge on any atom is -0.371 e. The number of anilines is 1. The van der Waals surface area contributed by atoms with Crippen molar-refractivity contribution < 1.29 is 0 Å². The third kappa shape index (κ3) is 2.44. The van der Waals surface area contributed by atoms with Crippen LogP contribution >= 0.6 is 15.9 Å². The zero-order valence-corrected chi connectivity index (χ0v) is 12.5. The number of halogens is 1. The zero-order valence-electron chi connectivity index (χ0n) is 10.9. The van der Waals surface area contributed by atoms with Gasteiger partial charge in [-0.3, -0.25) is 0 Å². The number of nitrogens with one attached hydrogen (secondary N) is 1. The van der Waals surface area contributed by atoms with Gasteiger partial charge in [0.25, 0.3) is 0 Å². The second-order valence-corrected chi connectivity index (χ2v) is 5.08. The fourth-order valence-electron chi connectivity index (χ4n) is 2.02. The molecule has 1 N–H and O–H groups in total. The average molecular weight is 329 g/mol. The van der Waals surface area contributed by atoms with E-state index in [9.17, 15) is 0 Å². The Hall–Kier alpha value is -2.14. The van der Waals surface area contributed by atoms with Gasteiger partial charge in [-0.1, -0.05) is 36.4 Å². The maximum absolute atomic E-state index is 4.57. The predicted octanol–water partition coefficient (Wildman–Crippen LogP) is 3.70. The van der Waals surface area contributed by atoms with Crippen molar-refractivity contribution in [2.75, 3.05) is 12.4 Å². The van der Waals surface area contributed by atoms with E-state index in [1.807, 2.05) is 49.5 Å². The topological polar surface area (TPSA) is 42.2 Å². The van der Waals surface area contributed by atoms with Crippen LogP contribution in [0, 0.1) is 0 Å². The lowest BCUT2D eigenvalue weighted by Gasteiger charge is -2.00. The third-order valence-corrected chi connectivity index (χ3v) is 3.36. The van der Waals surface area contributed by atoms with Gasteiger partial charge in [0, 0.05) is 7.05 Å². The zero-order chi connectivity index (χ0) is 13.9. The van der Waals surface area contributed by atoms with Gasteiger partial charge in [0.1, 0.15) is 10.3 Å². The molecular weight excluding hydrogens is 316 g/mol. The summed E-state index contributed by atoms with van der Waals surface area (Å²) in [5.41, 5.74) is 2.81. The number of rotatable bonds is 3. The summed E-state index contributed by atoms with van der Waals surface area (Å²) in [6.45, 7) is 0. The Labute approximate surface area is 125 Å². The van der Waals surface area contributed by atoms with Gasteiger partial charge in [-0.25, -0.2) is 4.98 Å². The van der Waals surface area contributed by atoms with Crippen molar-refractivity contribution in [1.29, 1.82) is 0 Å². The molecule has 0 saturated heterocycles. The van der Waals surface area contributed by atoms with Crippen LogP contribution in [0.1, 0.15) is 11.3 Å². The first-order chi connectivity index (χ1) is 9.78. The van der Waals surface area contributed by atoms with Crippen LogP contribution in [0.25, 0.3) is 17.8 Å². The van der Waals surface area contributed by atoms with Gasteiger partial charge in [0.2, 0.25) is 0 Å². The summed E-state index contributed by atoms with van der Waals surface area (Å²) in [6.07, 6.45) is 4.03. The first-order valence-corrected chi connectivity index (χ1v) is 7.03. The van der Waals surface area contributed by atoms with E-state index in [1.54, 1.807) is 4.52 Å². The number of hydrogen-bond acceptors (Lipinski definition) is 3. The lowest BCUT2D eigenvalue weighted by molar-refractivity contribution is 0.920. The highest BCUT2D eigenvalue weighted by atomic mass is 79.9. The third-order valence-electron chi connectivity index (χ3n) is 2.94. The van der Waals surface area contributed by atoms with Gasteiger partial charge < -0.3 is 5.32 Å². The van der Waals surface area contributed by atoms with Gasteiger partial charge in [0.15, 0.2) is 11.5 Å². The van der Waals surface area contributed by atoms with Crippen molar-refractivity contribution >= 4 is 39.5 Å². The summed E-state index contributed by atoms with van der Waals surface area (Å²) in [5, 5.41) is 7.54. The second-order valence-electron chi connectivity index (χ2n) is 4.27. The van der Waals surface area contributed by atoms with E-state index in [1.165, 1.54) is 0 Å². The molecule has 1 aromatic carbocycles. The van der Waals surface area contributed by atoms with E-state index in [0.29, 0.717) is 0 Å². The Morgan fingerprint density at radius 2 is 1.90 bits per heavy atom. The monoisotopic (exact) mass is 328 g/mol. The molecular formula is C15H13BrN4. The van der Waals surface area contributed by atoms with Crippen molar-refractivity contribution in [1.82, 2.24) is 14.6 Å². The van der Waals surface area contributed by atoms with E-state index >= 15 is 0 Å². The van der Waals surface area contributed by atoms with Crippen molar-refractivity contribution in [2.24, 2.45) is 0 Å². The lowest BCUT2D eigenvalue weighted by atomic mass is 10.2. The normalized spacial score (nSPS) is 11.3. The molecule has 0 amide bonds. The van der Waals surface area contributed by atoms with Crippen molar-refractivity contribution in [3.63, 3.8) is 0 Å². The molecule has 5 heteroatoms. The molecule has 2 heterocycles. The van der Waals surface area contributed by atoms with Crippen LogP contribution in [0.5, 0.6) is 0 Å². The second kappa shape index (κ2) is 5.46. The minimum absolute atomic E-state index is 0.775. The fraction of sp³-hybridized carbons (Fsp3) is 0.0667. The molecule has 0 spiro atoms. The minimum atomic E-state index is 0.775. The van der Waals surface area contributed by atoms with Gasteiger partial charge in [-0.05, 0) is 39.7 Å². The quantitative estimate of drug-likeness (QED) is 0.797. The molecule has 3 aromatic rings. The van der Waals surface area contributed by atoms with Crippen LogP contribution in [0.15, 0.2) is 47.1 Å². The van der Waals surface area contributed by atoms with E-state index < -0.39 is 0 Å². The van der Waals surface area contributed by atoms with Gasteiger partial charge in [-0.2, -0.15) is 9.61 Å². The largest absolute Gasteiger partial charge is 0.371 e.